The zero-order valence-corrected chi connectivity index (χ0v) is 10.6. The highest BCUT2D eigenvalue weighted by molar-refractivity contribution is 6.30. The lowest BCUT2D eigenvalue weighted by atomic mass is 9.67. The van der Waals surface area contributed by atoms with Gasteiger partial charge in [0.25, 0.3) is 0 Å². The Morgan fingerprint density at radius 1 is 1.28 bits per heavy atom. The van der Waals surface area contributed by atoms with Crippen molar-refractivity contribution in [3.05, 3.63) is 34.6 Å². The summed E-state index contributed by atoms with van der Waals surface area (Å²) in [7, 11) is 0. The molecular weight excluding hydrogens is 253 g/mol. The van der Waals surface area contributed by atoms with Crippen molar-refractivity contribution < 1.29 is 9.13 Å². The van der Waals surface area contributed by atoms with E-state index in [1.807, 2.05) is 0 Å². The quantitative estimate of drug-likeness (QED) is 0.728. The van der Waals surface area contributed by atoms with Crippen molar-refractivity contribution in [3.63, 3.8) is 0 Å². The molecule has 1 saturated heterocycles. The average Bonchev–Trinajstić information content (AvgIpc) is 3.12. The first kappa shape index (κ1) is 12.0. The van der Waals surface area contributed by atoms with E-state index in [4.69, 9.17) is 16.3 Å². The maximum Gasteiger partial charge on any atom is 0.129 e. The molecule has 0 bridgehead atoms. The zero-order chi connectivity index (χ0) is 12.8. The van der Waals surface area contributed by atoms with Crippen molar-refractivity contribution in [2.45, 2.75) is 36.7 Å². The van der Waals surface area contributed by atoms with E-state index < -0.39 is 5.41 Å². The van der Waals surface area contributed by atoms with Crippen molar-refractivity contribution in [2.75, 3.05) is 6.61 Å². The molecule has 2 fully saturated rings. The van der Waals surface area contributed by atoms with Crippen LogP contribution in [0.25, 0.3) is 0 Å². The summed E-state index contributed by atoms with van der Waals surface area (Å²) in [5.74, 6) is -0.378. The number of nitriles is 1. The summed E-state index contributed by atoms with van der Waals surface area (Å²) in [5.41, 5.74) is -0.236. The molecule has 1 heterocycles. The highest BCUT2D eigenvalue weighted by Crippen LogP contribution is 2.50. The van der Waals surface area contributed by atoms with Gasteiger partial charge in [-0.1, -0.05) is 17.7 Å². The van der Waals surface area contributed by atoms with E-state index >= 15 is 0 Å². The Kier molecular flexibility index (Phi) is 2.62. The van der Waals surface area contributed by atoms with Gasteiger partial charge in [0.2, 0.25) is 0 Å². The smallest absolute Gasteiger partial charge is 0.129 e. The fraction of sp³-hybridized carbons (Fsp3) is 0.500. The maximum atomic E-state index is 14.0. The summed E-state index contributed by atoms with van der Waals surface area (Å²) < 4.78 is 19.4. The van der Waals surface area contributed by atoms with Crippen LogP contribution in [0.4, 0.5) is 4.39 Å². The highest BCUT2D eigenvalue weighted by Gasteiger charge is 2.52. The molecule has 4 heteroatoms. The van der Waals surface area contributed by atoms with Gasteiger partial charge < -0.3 is 4.74 Å². The van der Waals surface area contributed by atoms with Crippen LogP contribution in [0.5, 0.6) is 0 Å². The molecule has 0 radical (unpaired) electrons. The molecule has 0 amide bonds. The summed E-state index contributed by atoms with van der Waals surface area (Å²) in [6.45, 7) is 0.789. The van der Waals surface area contributed by atoms with Crippen molar-refractivity contribution in [1.29, 1.82) is 5.26 Å². The van der Waals surface area contributed by atoms with Crippen LogP contribution in [0.3, 0.4) is 0 Å². The third kappa shape index (κ3) is 1.81. The number of halogens is 2. The van der Waals surface area contributed by atoms with Gasteiger partial charge in [0, 0.05) is 10.6 Å². The lowest BCUT2D eigenvalue weighted by Gasteiger charge is -2.34. The van der Waals surface area contributed by atoms with Crippen LogP contribution in [0.15, 0.2) is 18.2 Å². The molecule has 0 N–H and O–H groups in total. The first-order chi connectivity index (χ1) is 8.59. The fourth-order valence-corrected chi connectivity index (χ4v) is 3.00. The summed E-state index contributed by atoms with van der Waals surface area (Å²) in [4.78, 5) is 0. The van der Waals surface area contributed by atoms with Crippen LogP contribution in [-0.2, 0) is 10.2 Å². The molecule has 1 spiro atoms. The van der Waals surface area contributed by atoms with Crippen molar-refractivity contribution in [2.24, 2.45) is 0 Å². The first-order valence-corrected chi connectivity index (χ1v) is 6.48. The van der Waals surface area contributed by atoms with Crippen LogP contribution in [-0.4, -0.2) is 12.2 Å². The largest absolute Gasteiger partial charge is 0.370 e. The van der Waals surface area contributed by atoms with Crippen LogP contribution in [0.2, 0.25) is 5.02 Å². The molecule has 1 aliphatic heterocycles. The Balaban J connectivity index is 1.94. The van der Waals surface area contributed by atoms with E-state index in [2.05, 4.69) is 6.07 Å². The molecule has 1 aromatic carbocycles. The minimum atomic E-state index is -0.716. The van der Waals surface area contributed by atoms with Crippen molar-refractivity contribution in [3.8, 4) is 6.07 Å². The fourth-order valence-electron chi connectivity index (χ4n) is 2.84. The number of hydrogen-bond acceptors (Lipinski definition) is 2. The van der Waals surface area contributed by atoms with E-state index in [1.54, 1.807) is 12.1 Å². The van der Waals surface area contributed by atoms with E-state index in [-0.39, 0.29) is 11.4 Å². The molecule has 0 aromatic heterocycles. The molecular formula is C14H13ClFNO. The lowest BCUT2D eigenvalue weighted by molar-refractivity contribution is 0.198. The topological polar surface area (TPSA) is 36.3 Å². The molecule has 3 rings (SSSR count). The zero-order valence-electron chi connectivity index (χ0n) is 9.88. The van der Waals surface area contributed by atoms with Crippen LogP contribution < -0.4 is 0 Å². The van der Waals surface area contributed by atoms with Gasteiger partial charge in [-0.2, -0.15) is 5.26 Å². The molecule has 1 aliphatic carbocycles. The number of ether oxygens (including phenoxy) is 1. The van der Waals surface area contributed by atoms with Crippen LogP contribution in [0.1, 0.15) is 31.2 Å². The van der Waals surface area contributed by atoms with E-state index in [1.165, 1.54) is 6.07 Å². The van der Waals surface area contributed by atoms with E-state index in [0.29, 0.717) is 23.4 Å². The second-order valence-corrected chi connectivity index (χ2v) is 5.73. The van der Waals surface area contributed by atoms with Gasteiger partial charge in [-0.15, -0.1) is 0 Å². The lowest BCUT2D eigenvalue weighted by Crippen LogP contribution is -2.34. The third-order valence-corrected chi connectivity index (χ3v) is 4.46. The van der Waals surface area contributed by atoms with Gasteiger partial charge in [-0.05, 0) is 37.8 Å². The Hall–Kier alpha value is -1.11. The van der Waals surface area contributed by atoms with Gasteiger partial charge >= 0.3 is 0 Å². The maximum absolute atomic E-state index is 14.0. The van der Waals surface area contributed by atoms with Crippen LogP contribution in [0, 0.1) is 17.1 Å². The number of nitrogens with zero attached hydrogens (tertiary/aromatic N) is 1. The summed E-state index contributed by atoms with van der Waals surface area (Å²) in [6.07, 6.45) is 2.98. The van der Waals surface area contributed by atoms with Gasteiger partial charge in [0.15, 0.2) is 0 Å². The molecule has 2 aliphatic rings. The van der Waals surface area contributed by atoms with Gasteiger partial charge in [0.05, 0.1) is 23.7 Å². The molecule has 0 atom stereocenters. The highest BCUT2D eigenvalue weighted by atomic mass is 35.5. The van der Waals surface area contributed by atoms with Crippen LogP contribution >= 0.6 is 11.6 Å². The van der Waals surface area contributed by atoms with Gasteiger partial charge in [-0.25, -0.2) is 4.39 Å². The Morgan fingerprint density at radius 3 is 2.44 bits per heavy atom. The minimum Gasteiger partial charge on any atom is -0.370 e. The minimum absolute atomic E-state index is 0.00323. The first-order valence-electron chi connectivity index (χ1n) is 6.10. The normalized spacial score (nSPS) is 34.3. The number of hydrogen-bond donors (Lipinski definition) is 0. The second kappa shape index (κ2) is 3.94. The number of epoxide rings is 1. The molecule has 94 valence electrons. The Bertz CT molecular complexity index is 523. The monoisotopic (exact) mass is 265 g/mol. The molecule has 1 aromatic rings. The Labute approximate surface area is 110 Å². The molecule has 2 nitrogen and oxygen atoms in total. The van der Waals surface area contributed by atoms with Gasteiger partial charge in [-0.3, -0.25) is 0 Å². The second-order valence-electron chi connectivity index (χ2n) is 5.29. The molecule has 1 saturated carbocycles. The van der Waals surface area contributed by atoms with Crippen molar-refractivity contribution in [1.82, 2.24) is 0 Å². The number of rotatable bonds is 1. The Morgan fingerprint density at radius 2 is 1.94 bits per heavy atom. The summed E-state index contributed by atoms with van der Waals surface area (Å²) >= 11 is 5.76. The average molecular weight is 266 g/mol. The molecule has 18 heavy (non-hydrogen) atoms. The van der Waals surface area contributed by atoms with E-state index in [0.717, 1.165) is 19.4 Å². The van der Waals surface area contributed by atoms with Crippen molar-refractivity contribution >= 4 is 11.6 Å². The predicted octanol–water partition coefficient (Wildman–Crippen LogP) is 3.58. The molecule has 0 unspecified atom stereocenters. The van der Waals surface area contributed by atoms with Gasteiger partial charge in [0.1, 0.15) is 5.82 Å². The predicted molar refractivity (Wildman–Crippen MR) is 65.9 cm³/mol. The standard InChI is InChI=1S/C14H13ClFNO/c15-10-1-2-11(12(16)7-10)13(8-17)3-5-14(6-4-13)9-18-14/h1-2,7H,3-6,9H2/t13-,14+. The summed E-state index contributed by atoms with van der Waals surface area (Å²) in [5, 5.41) is 9.85. The number of benzene rings is 1. The SMILES string of the molecule is N#C[C@]1(c2ccc(Cl)cc2F)CC[C@@]2(CC1)CO2. The summed E-state index contributed by atoms with van der Waals surface area (Å²) in [6, 6.07) is 6.90. The third-order valence-electron chi connectivity index (χ3n) is 4.23. The van der Waals surface area contributed by atoms with E-state index in [9.17, 15) is 9.65 Å².